The predicted molar refractivity (Wildman–Crippen MR) is 94.6 cm³/mol. The molecule has 0 spiro atoms. The van der Waals surface area contributed by atoms with E-state index in [9.17, 15) is 4.79 Å². The molecule has 1 amide bonds. The minimum atomic E-state index is 0. The SMILES string of the molecule is CC1CCC(N(C)C(=O)CN(C)C2CCCNCC2)CC1.Cl. The molecule has 1 N–H and O–H groups in total. The van der Waals surface area contributed by atoms with E-state index in [1.807, 2.05) is 11.9 Å². The first kappa shape index (κ1) is 19.7. The molecule has 0 radical (unpaired) electrons. The Morgan fingerprint density at radius 2 is 1.68 bits per heavy atom. The van der Waals surface area contributed by atoms with Crippen molar-refractivity contribution in [3.8, 4) is 0 Å². The highest BCUT2D eigenvalue weighted by atomic mass is 35.5. The van der Waals surface area contributed by atoms with Crippen LogP contribution in [0.4, 0.5) is 0 Å². The van der Waals surface area contributed by atoms with Crippen LogP contribution in [0, 0.1) is 5.92 Å². The molecular weight excluding hydrogens is 298 g/mol. The van der Waals surface area contributed by atoms with Gasteiger partial charge in [0.25, 0.3) is 0 Å². The first-order valence-corrected chi connectivity index (χ1v) is 8.74. The Balaban J connectivity index is 0.00000242. The van der Waals surface area contributed by atoms with Crippen LogP contribution in [0.3, 0.4) is 0 Å². The van der Waals surface area contributed by atoms with E-state index in [2.05, 4.69) is 24.2 Å². The topological polar surface area (TPSA) is 35.6 Å². The largest absolute Gasteiger partial charge is 0.342 e. The van der Waals surface area contributed by atoms with E-state index in [0.29, 0.717) is 24.5 Å². The van der Waals surface area contributed by atoms with E-state index in [4.69, 9.17) is 0 Å². The van der Waals surface area contributed by atoms with Crippen molar-refractivity contribution < 1.29 is 4.79 Å². The highest BCUT2D eigenvalue weighted by molar-refractivity contribution is 5.85. The van der Waals surface area contributed by atoms with Crippen molar-refractivity contribution in [1.29, 1.82) is 0 Å². The van der Waals surface area contributed by atoms with Crippen LogP contribution in [0.5, 0.6) is 0 Å². The van der Waals surface area contributed by atoms with Gasteiger partial charge in [0.2, 0.25) is 5.91 Å². The molecule has 0 aromatic rings. The van der Waals surface area contributed by atoms with Gasteiger partial charge in [-0.2, -0.15) is 0 Å². The van der Waals surface area contributed by atoms with Gasteiger partial charge < -0.3 is 10.2 Å². The van der Waals surface area contributed by atoms with Crippen molar-refractivity contribution in [3.05, 3.63) is 0 Å². The summed E-state index contributed by atoms with van der Waals surface area (Å²) in [6, 6.07) is 1.03. The molecule has 0 aromatic heterocycles. The van der Waals surface area contributed by atoms with E-state index in [1.54, 1.807) is 0 Å². The second-order valence-corrected chi connectivity index (χ2v) is 7.17. The fourth-order valence-electron chi connectivity index (χ4n) is 3.73. The Bertz CT molecular complexity index is 324. The van der Waals surface area contributed by atoms with Crippen LogP contribution in [-0.4, -0.2) is 61.5 Å². The van der Waals surface area contributed by atoms with Crippen molar-refractivity contribution in [2.24, 2.45) is 5.92 Å². The quantitative estimate of drug-likeness (QED) is 0.859. The number of nitrogens with one attached hydrogen (secondary N) is 1. The predicted octanol–water partition coefficient (Wildman–Crippen LogP) is 2.52. The molecule has 1 saturated carbocycles. The van der Waals surface area contributed by atoms with Crippen LogP contribution in [0.25, 0.3) is 0 Å². The number of hydrogen-bond donors (Lipinski definition) is 1. The summed E-state index contributed by atoms with van der Waals surface area (Å²) in [5.41, 5.74) is 0. The standard InChI is InChI=1S/C17H33N3O.ClH/c1-14-6-8-16(9-7-14)20(3)17(21)13-19(2)15-5-4-11-18-12-10-15;/h14-16,18H,4-13H2,1-3H3;1H. The zero-order valence-corrected chi connectivity index (χ0v) is 15.3. The molecule has 2 aliphatic rings. The van der Waals surface area contributed by atoms with Crippen molar-refractivity contribution in [1.82, 2.24) is 15.1 Å². The molecule has 0 bridgehead atoms. The lowest BCUT2D eigenvalue weighted by atomic mass is 9.87. The van der Waals surface area contributed by atoms with Gasteiger partial charge in [-0.1, -0.05) is 6.92 Å². The summed E-state index contributed by atoms with van der Waals surface area (Å²) < 4.78 is 0. The number of carbonyl (C=O) groups excluding carboxylic acids is 1. The van der Waals surface area contributed by atoms with Gasteiger partial charge in [-0.15, -0.1) is 12.4 Å². The van der Waals surface area contributed by atoms with Crippen molar-refractivity contribution >= 4 is 18.3 Å². The third kappa shape index (κ3) is 5.71. The molecule has 0 aromatic carbocycles. The lowest BCUT2D eigenvalue weighted by molar-refractivity contribution is -0.134. The van der Waals surface area contributed by atoms with E-state index in [-0.39, 0.29) is 12.4 Å². The van der Waals surface area contributed by atoms with Gasteiger partial charge in [-0.3, -0.25) is 9.69 Å². The normalized spacial score (nSPS) is 29.5. The molecule has 1 aliphatic carbocycles. The van der Waals surface area contributed by atoms with Crippen molar-refractivity contribution in [2.45, 2.75) is 64.0 Å². The van der Waals surface area contributed by atoms with Crippen LogP contribution >= 0.6 is 12.4 Å². The van der Waals surface area contributed by atoms with Gasteiger partial charge >= 0.3 is 0 Å². The monoisotopic (exact) mass is 331 g/mol. The van der Waals surface area contributed by atoms with Gasteiger partial charge in [0.1, 0.15) is 0 Å². The lowest BCUT2D eigenvalue weighted by Crippen LogP contribution is -2.46. The first-order valence-electron chi connectivity index (χ1n) is 8.74. The highest BCUT2D eigenvalue weighted by Crippen LogP contribution is 2.26. The van der Waals surface area contributed by atoms with Gasteiger partial charge in [0, 0.05) is 19.1 Å². The number of halogens is 1. The van der Waals surface area contributed by atoms with Crippen molar-refractivity contribution in [2.75, 3.05) is 33.7 Å². The fraction of sp³-hybridized carbons (Fsp3) is 0.941. The number of nitrogens with zero attached hydrogens (tertiary/aromatic N) is 2. The van der Waals surface area contributed by atoms with Gasteiger partial charge in [-0.25, -0.2) is 0 Å². The molecule has 1 saturated heterocycles. The zero-order chi connectivity index (χ0) is 15.2. The maximum atomic E-state index is 12.5. The van der Waals surface area contributed by atoms with Crippen molar-refractivity contribution in [3.63, 3.8) is 0 Å². The smallest absolute Gasteiger partial charge is 0.236 e. The summed E-state index contributed by atoms with van der Waals surface area (Å²) in [5, 5.41) is 3.44. The first-order chi connectivity index (χ1) is 10.1. The minimum Gasteiger partial charge on any atom is -0.342 e. The molecule has 5 heteroatoms. The summed E-state index contributed by atoms with van der Waals surface area (Å²) in [7, 11) is 4.12. The van der Waals surface area contributed by atoms with E-state index in [0.717, 1.165) is 25.4 Å². The maximum absolute atomic E-state index is 12.5. The van der Waals surface area contributed by atoms with Gasteiger partial charge in [-0.05, 0) is 71.0 Å². The Morgan fingerprint density at radius 1 is 1.00 bits per heavy atom. The molecule has 1 atom stereocenters. The van der Waals surface area contributed by atoms with E-state index < -0.39 is 0 Å². The molecule has 1 unspecified atom stereocenters. The Kier molecular flexibility index (Phi) is 8.73. The van der Waals surface area contributed by atoms with Crippen LogP contribution in [0.1, 0.15) is 51.9 Å². The average molecular weight is 332 g/mol. The Labute approximate surface area is 142 Å². The second kappa shape index (κ2) is 9.74. The summed E-state index contributed by atoms with van der Waals surface area (Å²) in [5.74, 6) is 1.14. The second-order valence-electron chi connectivity index (χ2n) is 7.17. The Hall–Kier alpha value is -0.320. The van der Waals surface area contributed by atoms with Crippen LogP contribution in [-0.2, 0) is 4.79 Å². The molecule has 130 valence electrons. The zero-order valence-electron chi connectivity index (χ0n) is 14.5. The minimum absolute atomic E-state index is 0. The Morgan fingerprint density at radius 3 is 2.36 bits per heavy atom. The summed E-state index contributed by atoms with van der Waals surface area (Å²) >= 11 is 0. The molecule has 1 heterocycles. The molecular formula is C17H34ClN3O. The van der Waals surface area contributed by atoms with E-state index in [1.165, 1.54) is 38.5 Å². The van der Waals surface area contributed by atoms with Gasteiger partial charge in [0.05, 0.1) is 6.54 Å². The third-order valence-electron chi connectivity index (χ3n) is 5.48. The van der Waals surface area contributed by atoms with Gasteiger partial charge in [0.15, 0.2) is 0 Å². The summed E-state index contributed by atoms with van der Waals surface area (Å²) in [6.45, 7) is 5.11. The summed E-state index contributed by atoms with van der Waals surface area (Å²) in [6.07, 6.45) is 8.50. The third-order valence-corrected chi connectivity index (χ3v) is 5.48. The van der Waals surface area contributed by atoms with Crippen LogP contribution in [0.2, 0.25) is 0 Å². The number of rotatable bonds is 4. The molecule has 4 nitrogen and oxygen atoms in total. The van der Waals surface area contributed by atoms with E-state index >= 15 is 0 Å². The highest BCUT2D eigenvalue weighted by Gasteiger charge is 2.26. The fourth-order valence-corrected chi connectivity index (χ4v) is 3.73. The lowest BCUT2D eigenvalue weighted by Gasteiger charge is -2.35. The molecule has 22 heavy (non-hydrogen) atoms. The molecule has 1 aliphatic heterocycles. The summed E-state index contributed by atoms with van der Waals surface area (Å²) in [4.78, 5) is 16.8. The molecule has 2 rings (SSSR count). The number of hydrogen-bond acceptors (Lipinski definition) is 3. The van der Waals surface area contributed by atoms with Crippen LogP contribution < -0.4 is 5.32 Å². The molecule has 2 fully saturated rings. The number of amides is 1. The number of carbonyl (C=O) groups is 1. The van der Waals surface area contributed by atoms with Crippen LogP contribution in [0.15, 0.2) is 0 Å². The average Bonchev–Trinajstić information content (AvgIpc) is 2.76. The maximum Gasteiger partial charge on any atom is 0.236 e. The number of likely N-dealkylation sites (N-methyl/N-ethyl adjacent to an activating group) is 2.